The van der Waals surface area contributed by atoms with Gasteiger partial charge < -0.3 is 4.74 Å². The van der Waals surface area contributed by atoms with Crippen LogP contribution in [0.3, 0.4) is 0 Å². The summed E-state index contributed by atoms with van der Waals surface area (Å²) in [5.41, 5.74) is 0. The summed E-state index contributed by atoms with van der Waals surface area (Å²) in [6.07, 6.45) is 0.891. The minimum Gasteiger partial charge on any atom is -0.459 e. The van der Waals surface area contributed by atoms with Gasteiger partial charge in [-0.1, -0.05) is 13.8 Å². The van der Waals surface area contributed by atoms with Crippen LogP contribution in [-0.4, -0.2) is 18.5 Å². The minimum absolute atomic E-state index is 0.216. The molecule has 4 heteroatoms. The summed E-state index contributed by atoms with van der Waals surface area (Å²) >= 11 is 0. The molecule has 0 fully saturated rings. The molecule has 0 saturated carbocycles. The zero-order valence-electron chi connectivity index (χ0n) is 8.27. The highest BCUT2D eigenvalue weighted by atomic mass is 19.3. The van der Waals surface area contributed by atoms with Gasteiger partial charge in [0.25, 0.3) is 5.92 Å². The van der Waals surface area contributed by atoms with Gasteiger partial charge in [-0.05, 0) is 12.3 Å². The molecule has 0 atom stereocenters. The van der Waals surface area contributed by atoms with E-state index in [9.17, 15) is 13.6 Å². The number of hydrogen-bond donors (Lipinski definition) is 0. The van der Waals surface area contributed by atoms with E-state index in [4.69, 9.17) is 0 Å². The molecule has 0 bridgehead atoms. The molecule has 0 aliphatic rings. The molecule has 0 aromatic carbocycles. The molecule has 13 heavy (non-hydrogen) atoms. The van der Waals surface area contributed by atoms with Gasteiger partial charge in [-0.25, -0.2) is 8.78 Å². The van der Waals surface area contributed by atoms with Gasteiger partial charge in [0.15, 0.2) is 6.61 Å². The first-order chi connectivity index (χ1) is 5.81. The first kappa shape index (κ1) is 12.3. The molecular formula is C9H16F2O2. The van der Waals surface area contributed by atoms with Crippen LogP contribution in [0.4, 0.5) is 8.78 Å². The zero-order valence-corrected chi connectivity index (χ0v) is 8.27. The van der Waals surface area contributed by atoms with Gasteiger partial charge >= 0.3 is 5.97 Å². The summed E-state index contributed by atoms with van der Waals surface area (Å²) in [5.74, 6) is -3.09. The first-order valence-corrected chi connectivity index (χ1v) is 4.34. The Hall–Kier alpha value is -0.670. The molecule has 0 rings (SSSR count). The van der Waals surface area contributed by atoms with Gasteiger partial charge in [0, 0.05) is 13.3 Å². The Bertz CT molecular complexity index is 161. The van der Waals surface area contributed by atoms with Gasteiger partial charge in [0.2, 0.25) is 0 Å². The van der Waals surface area contributed by atoms with E-state index >= 15 is 0 Å². The first-order valence-electron chi connectivity index (χ1n) is 4.34. The van der Waals surface area contributed by atoms with E-state index in [0.29, 0.717) is 12.3 Å². The smallest absolute Gasteiger partial charge is 0.306 e. The Kier molecular flexibility index (Phi) is 4.88. The summed E-state index contributed by atoms with van der Waals surface area (Å²) in [6.45, 7) is 3.83. The second-order valence-corrected chi connectivity index (χ2v) is 3.66. The van der Waals surface area contributed by atoms with E-state index in [-0.39, 0.29) is 6.42 Å². The molecule has 0 amide bonds. The summed E-state index contributed by atoms with van der Waals surface area (Å²) in [4.78, 5) is 10.8. The highest BCUT2D eigenvalue weighted by Crippen LogP contribution is 2.12. The molecule has 78 valence electrons. The molecule has 0 N–H and O–H groups in total. The third-order valence-corrected chi connectivity index (χ3v) is 1.41. The van der Waals surface area contributed by atoms with Crippen LogP contribution < -0.4 is 0 Å². The molecule has 0 radical (unpaired) electrons. The largest absolute Gasteiger partial charge is 0.459 e. The van der Waals surface area contributed by atoms with Gasteiger partial charge in [0.1, 0.15) is 0 Å². The van der Waals surface area contributed by atoms with Crippen LogP contribution in [0, 0.1) is 5.92 Å². The number of halogens is 2. The predicted octanol–water partition coefficient (Wildman–Crippen LogP) is 2.62. The van der Waals surface area contributed by atoms with E-state index in [2.05, 4.69) is 4.74 Å². The van der Waals surface area contributed by atoms with E-state index in [1.165, 1.54) is 0 Å². The lowest BCUT2D eigenvalue weighted by molar-refractivity contribution is -0.153. The maximum atomic E-state index is 12.2. The molecule has 0 aromatic heterocycles. The topological polar surface area (TPSA) is 26.3 Å². The van der Waals surface area contributed by atoms with Crippen molar-refractivity contribution < 1.29 is 18.3 Å². The van der Waals surface area contributed by atoms with E-state index in [0.717, 1.165) is 6.92 Å². The minimum atomic E-state index is -2.92. The summed E-state index contributed by atoms with van der Waals surface area (Å²) in [6, 6.07) is 0. The highest BCUT2D eigenvalue weighted by Gasteiger charge is 2.23. The Morgan fingerprint density at radius 3 is 2.38 bits per heavy atom. The van der Waals surface area contributed by atoms with Crippen molar-refractivity contribution in [3.8, 4) is 0 Å². The number of alkyl halides is 2. The summed E-state index contributed by atoms with van der Waals surface area (Å²) in [7, 11) is 0. The summed E-state index contributed by atoms with van der Waals surface area (Å²) in [5, 5.41) is 0. The van der Waals surface area contributed by atoms with E-state index in [1.54, 1.807) is 0 Å². The quantitative estimate of drug-likeness (QED) is 0.629. The molecular weight excluding hydrogens is 178 g/mol. The van der Waals surface area contributed by atoms with Crippen molar-refractivity contribution in [2.45, 2.75) is 39.5 Å². The molecule has 0 saturated heterocycles. The number of carbonyl (C=O) groups is 1. The molecule has 0 aliphatic heterocycles. The maximum absolute atomic E-state index is 12.2. The molecule has 2 nitrogen and oxygen atoms in total. The Morgan fingerprint density at radius 1 is 1.46 bits per heavy atom. The fraction of sp³-hybridized carbons (Fsp3) is 0.889. The van der Waals surface area contributed by atoms with Crippen LogP contribution in [0.15, 0.2) is 0 Å². The van der Waals surface area contributed by atoms with Gasteiger partial charge in [0.05, 0.1) is 0 Å². The monoisotopic (exact) mass is 194 g/mol. The van der Waals surface area contributed by atoms with Crippen LogP contribution >= 0.6 is 0 Å². The molecule has 0 unspecified atom stereocenters. The zero-order chi connectivity index (χ0) is 10.5. The van der Waals surface area contributed by atoms with E-state index in [1.807, 2.05) is 13.8 Å². The maximum Gasteiger partial charge on any atom is 0.306 e. The molecule has 0 heterocycles. The fourth-order valence-electron chi connectivity index (χ4n) is 0.686. The fourth-order valence-corrected chi connectivity index (χ4v) is 0.686. The Balaban J connectivity index is 3.53. The van der Waals surface area contributed by atoms with Crippen molar-refractivity contribution in [1.82, 2.24) is 0 Å². The Morgan fingerprint density at radius 2 is 2.00 bits per heavy atom. The number of carbonyl (C=O) groups excluding carboxylic acids is 1. The lowest BCUT2D eigenvalue weighted by Gasteiger charge is -2.11. The predicted molar refractivity (Wildman–Crippen MR) is 45.7 cm³/mol. The van der Waals surface area contributed by atoms with Crippen molar-refractivity contribution in [3.63, 3.8) is 0 Å². The molecule has 0 spiro atoms. The Labute approximate surface area is 77.3 Å². The van der Waals surface area contributed by atoms with E-state index < -0.39 is 18.5 Å². The third-order valence-electron chi connectivity index (χ3n) is 1.41. The highest BCUT2D eigenvalue weighted by molar-refractivity contribution is 5.69. The van der Waals surface area contributed by atoms with Gasteiger partial charge in [-0.2, -0.15) is 0 Å². The van der Waals surface area contributed by atoms with Crippen molar-refractivity contribution in [2.24, 2.45) is 5.92 Å². The van der Waals surface area contributed by atoms with Gasteiger partial charge in [-0.15, -0.1) is 0 Å². The van der Waals surface area contributed by atoms with Crippen LogP contribution in [0.2, 0.25) is 0 Å². The average Bonchev–Trinajstić information content (AvgIpc) is 1.95. The number of ether oxygens (including phenoxy) is 1. The lowest BCUT2D eigenvalue weighted by atomic mass is 10.1. The number of hydrogen-bond acceptors (Lipinski definition) is 2. The second-order valence-electron chi connectivity index (χ2n) is 3.66. The second kappa shape index (κ2) is 5.14. The van der Waals surface area contributed by atoms with Crippen molar-refractivity contribution in [3.05, 3.63) is 0 Å². The lowest BCUT2D eigenvalue weighted by Crippen LogP contribution is -2.21. The van der Waals surface area contributed by atoms with Crippen molar-refractivity contribution >= 4 is 5.97 Å². The molecule has 0 aromatic rings. The van der Waals surface area contributed by atoms with Crippen LogP contribution in [0.5, 0.6) is 0 Å². The van der Waals surface area contributed by atoms with Crippen molar-refractivity contribution in [1.29, 1.82) is 0 Å². The normalized spacial score (nSPS) is 11.8. The van der Waals surface area contributed by atoms with Crippen molar-refractivity contribution in [2.75, 3.05) is 6.61 Å². The average molecular weight is 194 g/mol. The SMILES string of the molecule is CC(C)CCC(=O)OCC(C)(F)F. The number of esters is 1. The molecule has 0 aliphatic carbocycles. The third kappa shape index (κ3) is 9.24. The van der Waals surface area contributed by atoms with Crippen LogP contribution in [0.25, 0.3) is 0 Å². The standard InChI is InChI=1S/C9H16F2O2/c1-7(2)4-5-8(12)13-6-9(3,10)11/h7H,4-6H2,1-3H3. The van der Waals surface area contributed by atoms with Crippen LogP contribution in [-0.2, 0) is 9.53 Å². The van der Waals surface area contributed by atoms with Crippen LogP contribution in [0.1, 0.15) is 33.6 Å². The van der Waals surface area contributed by atoms with Gasteiger partial charge in [-0.3, -0.25) is 4.79 Å². The summed E-state index contributed by atoms with van der Waals surface area (Å²) < 4.78 is 28.8. The number of rotatable bonds is 5.